The van der Waals surface area contributed by atoms with E-state index in [1.54, 1.807) is 13.0 Å². The summed E-state index contributed by atoms with van der Waals surface area (Å²) in [6.07, 6.45) is 3.83. The zero-order valence-electron chi connectivity index (χ0n) is 19.9. The van der Waals surface area contributed by atoms with Crippen molar-refractivity contribution >= 4 is 34.8 Å². The number of hydrogen-bond donors (Lipinski definition) is 2. The fourth-order valence-electron chi connectivity index (χ4n) is 5.56. The normalized spacial score (nSPS) is 25.7. The Kier molecular flexibility index (Phi) is 6.79. The minimum atomic E-state index is -0.519. The van der Waals surface area contributed by atoms with E-state index in [0.717, 1.165) is 11.1 Å². The fraction of sp³-hybridized carbons (Fsp3) is 0.609. The fourth-order valence-corrected chi connectivity index (χ4v) is 5.91. The van der Waals surface area contributed by atoms with Crippen molar-refractivity contribution in [3.63, 3.8) is 0 Å². The molecule has 3 fully saturated rings. The van der Waals surface area contributed by atoms with Crippen molar-refractivity contribution in [1.82, 2.24) is 25.3 Å². The number of aromatic nitrogens is 4. The van der Waals surface area contributed by atoms with E-state index in [9.17, 15) is 9.59 Å². The predicted octanol–water partition coefficient (Wildman–Crippen LogP) is 3.71. The van der Waals surface area contributed by atoms with Gasteiger partial charge in [0.1, 0.15) is 11.6 Å². The number of amides is 1. The Balaban J connectivity index is 1.42. The average molecular weight is 509 g/mol. The van der Waals surface area contributed by atoms with Gasteiger partial charge >= 0.3 is 0 Å². The zero-order valence-corrected chi connectivity index (χ0v) is 21.4. The minimum absolute atomic E-state index is 0.0355. The monoisotopic (exact) mass is 508 g/mol. The molecule has 3 aliphatic rings. The first-order chi connectivity index (χ1) is 16.0. The van der Waals surface area contributed by atoms with E-state index >= 15 is 0 Å². The van der Waals surface area contributed by atoms with Gasteiger partial charge in [0, 0.05) is 11.6 Å². The van der Waals surface area contributed by atoms with Gasteiger partial charge in [-0.2, -0.15) is 5.10 Å². The van der Waals surface area contributed by atoms with E-state index in [-0.39, 0.29) is 28.6 Å². The first-order valence-corrected chi connectivity index (χ1v) is 12.2. The second-order valence-electron chi connectivity index (χ2n) is 9.96. The highest BCUT2D eigenvalue weighted by atomic mass is 35.5. The molecule has 5 rings (SSSR count). The summed E-state index contributed by atoms with van der Waals surface area (Å²) in [6, 6.07) is 1.33. The number of nitrogens with zero attached hydrogens (tertiary/aromatic N) is 4. The van der Waals surface area contributed by atoms with Gasteiger partial charge in [0.2, 0.25) is 11.8 Å². The number of hydrogen-bond acceptors (Lipinski definition) is 7. The number of nitrogens with one attached hydrogen (secondary N) is 2. The molecular weight excluding hydrogens is 479 g/mol. The largest absolute Gasteiger partial charge is 0.480 e. The van der Waals surface area contributed by atoms with E-state index in [1.165, 1.54) is 19.7 Å². The van der Waals surface area contributed by atoms with Crippen molar-refractivity contribution in [3.8, 4) is 5.88 Å². The molecule has 3 aliphatic carbocycles. The van der Waals surface area contributed by atoms with Gasteiger partial charge in [-0.25, -0.2) is 4.68 Å². The van der Waals surface area contributed by atoms with Gasteiger partial charge < -0.3 is 15.4 Å². The summed E-state index contributed by atoms with van der Waals surface area (Å²) < 4.78 is 6.24. The van der Waals surface area contributed by atoms with Gasteiger partial charge in [0.25, 0.3) is 5.56 Å². The van der Waals surface area contributed by atoms with Crippen molar-refractivity contribution in [3.05, 3.63) is 38.4 Å². The van der Waals surface area contributed by atoms with Crippen LogP contribution in [0.4, 0.5) is 5.69 Å². The SMILES string of the molecule is COc1nnc(Cl)cc1C(C)NC(=O)Cn1ncc(N[C@@H]2C[C@H]3C[C@@H]([C@H]2C)C3(C)C)c(Cl)c1=O. The summed E-state index contributed by atoms with van der Waals surface area (Å²) in [5.74, 6) is 1.64. The van der Waals surface area contributed by atoms with Gasteiger partial charge in [0.05, 0.1) is 25.0 Å². The standard InChI is InChI=1S/C23H30Cl2N6O3/c1-11-15-6-13(23(15,3)4)7-16(11)28-17-9-26-31(22(33)20(17)25)10-19(32)27-12(2)14-8-18(24)29-30-21(14)34-5/h8-9,11-13,15-16,28H,6-7,10H2,1-5H3,(H,27,32)/t11-,12?,13-,15+,16-/m1/s1. The van der Waals surface area contributed by atoms with Crippen LogP contribution in [0.25, 0.3) is 0 Å². The van der Waals surface area contributed by atoms with Crippen LogP contribution in [0.1, 0.15) is 52.1 Å². The van der Waals surface area contributed by atoms with Gasteiger partial charge in [-0.1, -0.05) is 44.0 Å². The molecule has 0 aliphatic heterocycles. The van der Waals surface area contributed by atoms with Gasteiger partial charge in [-0.05, 0) is 49.0 Å². The Morgan fingerprint density at radius 2 is 2.06 bits per heavy atom. The summed E-state index contributed by atoms with van der Waals surface area (Å²) in [5.41, 5.74) is 0.927. The molecule has 11 heteroatoms. The molecule has 5 atom stereocenters. The Morgan fingerprint density at radius 3 is 2.71 bits per heavy atom. The first kappa shape index (κ1) is 24.7. The molecule has 2 aromatic rings. The van der Waals surface area contributed by atoms with Crippen molar-refractivity contribution in [2.75, 3.05) is 12.4 Å². The third-order valence-electron chi connectivity index (χ3n) is 7.77. The smallest absolute Gasteiger partial charge is 0.288 e. The molecule has 3 saturated carbocycles. The number of carbonyl (C=O) groups is 1. The molecule has 2 N–H and O–H groups in total. The van der Waals surface area contributed by atoms with Crippen molar-refractivity contribution < 1.29 is 9.53 Å². The lowest BCUT2D eigenvalue weighted by atomic mass is 9.45. The Hall–Kier alpha value is -2.39. The number of rotatable bonds is 7. The molecule has 34 heavy (non-hydrogen) atoms. The van der Waals surface area contributed by atoms with Gasteiger partial charge in [0.15, 0.2) is 5.15 Å². The molecule has 1 unspecified atom stereocenters. The summed E-state index contributed by atoms with van der Waals surface area (Å²) >= 11 is 12.3. The molecule has 9 nitrogen and oxygen atoms in total. The van der Waals surface area contributed by atoms with Crippen molar-refractivity contribution in [2.45, 2.75) is 59.2 Å². The van der Waals surface area contributed by atoms with Crippen LogP contribution in [0, 0.1) is 23.2 Å². The van der Waals surface area contributed by atoms with E-state index in [4.69, 9.17) is 27.9 Å². The number of fused-ring (bicyclic) bond motifs is 2. The topological polar surface area (TPSA) is 111 Å². The molecule has 0 saturated heterocycles. The van der Waals surface area contributed by atoms with Crippen LogP contribution >= 0.6 is 23.2 Å². The summed E-state index contributed by atoms with van der Waals surface area (Å²) in [7, 11) is 1.45. The number of methoxy groups -OCH3 is 1. The van der Waals surface area contributed by atoms with Crippen LogP contribution in [0.5, 0.6) is 5.88 Å². The number of carbonyl (C=O) groups excluding carboxylic acids is 1. The number of anilines is 1. The molecule has 2 bridgehead atoms. The lowest BCUT2D eigenvalue weighted by Gasteiger charge is -2.62. The Bertz CT molecular complexity index is 1150. The molecule has 2 heterocycles. The zero-order chi connectivity index (χ0) is 24.8. The third-order valence-corrected chi connectivity index (χ3v) is 8.32. The van der Waals surface area contributed by atoms with Crippen LogP contribution in [-0.2, 0) is 11.3 Å². The summed E-state index contributed by atoms with van der Waals surface area (Å²) in [4.78, 5) is 25.4. The maximum absolute atomic E-state index is 12.8. The van der Waals surface area contributed by atoms with E-state index < -0.39 is 17.5 Å². The average Bonchev–Trinajstić information content (AvgIpc) is 2.79. The van der Waals surface area contributed by atoms with Crippen LogP contribution < -0.4 is 20.9 Å². The Labute approximate surface area is 208 Å². The molecule has 0 spiro atoms. The summed E-state index contributed by atoms with van der Waals surface area (Å²) in [5, 5.41) is 18.2. The first-order valence-electron chi connectivity index (χ1n) is 11.4. The second-order valence-corrected chi connectivity index (χ2v) is 10.7. The molecule has 2 aromatic heterocycles. The highest BCUT2D eigenvalue weighted by Crippen LogP contribution is 2.61. The van der Waals surface area contributed by atoms with Crippen LogP contribution in [0.3, 0.4) is 0 Å². The minimum Gasteiger partial charge on any atom is -0.480 e. The maximum atomic E-state index is 12.8. The van der Waals surface area contributed by atoms with Gasteiger partial charge in [-0.3, -0.25) is 9.59 Å². The van der Waals surface area contributed by atoms with Gasteiger partial charge in [-0.15, -0.1) is 10.2 Å². The maximum Gasteiger partial charge on any atom is 0.288 e. The highest BCUT2D eigenvalue weighted by molar-refractivity contribution is 6.33. The Morgan fingerprint density at radius 1 is 1.32 bits per heavy atom. The lowest BCUT2D eigenvalue weighted by Crippen LogP contribution is -2.58. The van der Waals surface area contributed by atoms with E-state index in [0.29, 0.717) is 34.4 Å². The van der Waals surface area contributed by atoms with Crippen LogP contribution in [0.2, 0.25) is 10.2 Å². The molecule has 184 valence electrons. The quantitative estimate of drug-likeness (QED) is 0.586. The second kappa shape index (κ2) is 9.34. The number of halogens is 2. The molecule has 0 radical (unpaired) electrons. The lowest BCUT2D eigenvalue weighted by molar-refractivity contribution is -0.122. The van der Waals surface area contributed by atoms with Crippen LogP contribution in [-0.4, -0.2) is 39.0 Å². The van der Waals surface area contributed by atoms with Crippen LogP contribution in [0.15, 0.2) is 17.1 Å². The third kappa shape index (κ3) is 4.47. The number of ether oxygens (including phenoxy) is 1. The van der Waals surface area contributed by atoms with E-state index in [1.807, 2.05) is 0 Å². The highest BCUT2D eigenvalue weighted by Gasteiger charge is 2.56. The molecule has 1 amide bonds. The molecular formula is C23H30Cl2N6O3. The van der Waals surface area contributed by atoms with E-state index in [2.05, 4.69) is 46.7 Å². The van der Waals surface area contributed by atoms with Crippen molar-refractivity contribution in [2.24, 2.45) is 23.2 Å². The predicted molar refractivity (Wildman–Crippen MR) is 130 cm³/mol. The van der Waals surface area contributed by atoms with Crippen molar-refractivity contribution in [1.29, 1.82) is 0 Å². The molecule has 0 aromatic carbocycles. The summed E-state index contributed by atoms with van der Waals surface area (Å²) in [6.45, 7) is 8.41.